The van der Waals surface area contributed by atoms with E-state index in [9.17, 15) is 8.42 Å². The fourth-order valence-corrected chi connectivity index (χ4v) is 3.60. The van der Waals surface area contributed by atoms with Gasteiger partial charge in [0.1, 0.15) is 0 Å². The molecule has 1 N–H and O–H groups in total. The predicted molar refractivity (Wildman–Crippen MR) is 84.1 cm³/mol. The Labute approximate surface area is 127 Å². The minimum absolute atomic E-state index is 0.161. The van der Waals surface area contributed by atoms with Crippen LogP contribution in [0, 0.1) is 16.7 Å². The molecule has 21 heavy (non-hydrogen) atoms. The highest BCUT2D eigenvalue weighted by Crippen LogP contribution is 2.16. The van der Waals surface area contributed by atoms with E-state index in [-0.39, 0.29) is 11.2 Å². The average molecular weight is 309 g/mol. The minimum Gasteiger partial charge on any atom is -0.309 e. The van der Waals surface area contributed by atoms with E-state index in [0.29, 0.717) is 17.7 Å². The normalized spacial score (nSPS) is 12.4. The van der Waals surface area contributed by atoms with Crippen molar-refractivity contribution in [2.75, 3.05) is 27.2 Å². The number of benzene rings is 1. The average Bonchev–Trinajstić information content (AvgIpc) is 2.35. The first-order chi connectivity index (χ1) is 9.65. The van der Waals surface area contributed by atoms with Gasteiger partial charge in [-0.2, -0.15) is 5.26 Å². The molecular weight excluding hydrogens is 286 g/mol. The van der Waals surface area contributed by atoms with Gasteiger partial charge in [0.15, 0.2) is 0 Å². The van der Waals surface area contributed by atoms with Gasteiger partial charge in [-0.15, -0.1) is 0 Å². The third-order valence-corrected chi connectivity index (χ3v) is 4.27. The number of nitrogens with zero attached hydrogens (tertiary/aromatic N) is 2. The van der Waals surface area contributed by atoms with E-state index in [4.69, 9.17) is 5.26 Å². The van der Waals surface area contributed by atoms with Crippen molar-refractivity contribution < 1.29 is 8.42 Å². The molecule has 0 aliphatic rings. The zero-order valence-electron chi connectivity index (χ0n) is 13.0. The molecule has 0 unspecified atom stereocenters. The van der Waals surface area contributed by atoms with E-state index in [1.54, 1.807) is 24.3 Å². The summed E-state index contributed by atoms with van der Waals surface area (Å²) >= 11 is 0. The smallest absolute Gasteiger partial charge is 0.215 e. The Kier molecular flexibility index (Phi) is 5.90. The van der Waals surface area contributed by atoms with Crippen LogP contribution in [0.2, 0.25) is 0 Å². The Morgan fingerprint density at radius 3 is 2.48 bits per heavy atom. The third-order valence-electron chi connectivity index (χ3n) is 3.00. The van der Waals surface area contributed by atoms with Crippen LogP contribution in [0.3, 0.4) is 0 Å². The number of rotatable bonds is 7. The molecule has 0 saturated carbocycles. The molecule has 0 saturated heterocycles. The van der Waals surface area contributed by atoms with Gasteiger partial charge in [-0.05, 0) is 31.1 Å². The lowest BCUT2D eigenvalue weighted by Crippen LogP contribution is -2.40. The van der Waals surface area contributed by atoms with Crippen LogP contribution in [-0.4, -0.2) is 40.5 Å². The summed E-state index contributed by atoms with van der Waals surface area (Å²) in [7, 11) is 0.460. The molecule has 0 atom stereocenters. The van der Waals surface area contributed by atoms with Gasteiger partial charge in [0, 0.05) is 13.1 Å². The third kappa shape index (κ3) is 6.25. The molecule has 5 nitrogen and oxygen atoms in total. The number of hydrogen-bond acceptors (Lipinski definition) is 4. The summed E-state index contributed by atoms with van der Waals surface area (Å²) in [6.07, 6.45) is 0. The van der Waals surface area contributed by atoms with Crippen LogP contribution in [0.25, 0.3) is 0 Å². The molecule has 0 radical (unpaired) electrons. The number of nitriles is 1. The first-order valence-electron chi connectivity index (χ1n) is 6.75. The van der Waals surface area contributed by atoms with E-state index < -0.39 is 10.0 Å². The Balaban J connectivity index is 2.73. The summed E-state index contributed by atoms with van der Waals surface area (Å²) in [6, 6.07) is 8.78. The molecule has 116 valence electrons. The van der Waals surface area contributed by atoms with Crippen LogP contribution in [0.4, 0.5) is 0 Å². The summed E-state index contributed by atoms with van der Waals surface area (Å²) in [5.74, 6) is -0.172. The van der Waals surface area contributed by atoms with Gasteiger partial charge in [0.05, 0.1) is 17.4 Å². The Morgan fingerprint density at radius 1 is 1.29 bits per heavy atom. The van der Waals surface area contributed by atoms with Gasteiger partial charge < -0.3 is 4.90 Å². The van der Waals surface area contributed by atoms with Gasteiger partial charge in [-0.3, -0.25) is 0 Å². The Morgan fingerprint density at radius 2 is 1.90 bits per heavy atom. The van der Waals surface area contributed by atoms with Gasteiger partial charge in [0.25, 0.3) is 0 Å². The van der Waals surface area contributed by atoms with Crippen molar-refractivity contribution in [3.8, 4) is 6.07 Å². The SMILES string of the molecule is CN(C)CC(C)(C)CNS(=O)(=O)Cc1ccccc1C#N. The number of nitrogens with one attached hydrogen (secondary N) is 1. The van der Waals surface area contributed by atoms with Gasteiger partial charge >= 0.3 is 0 Å². The zero-order valence-corrected chi connectivity index (χ0v) is 13.9. The van der Waals surface area contributed by atoms with Crippen LogP contribution >= 0.6 is 0 Å². The minimum atomic E-state index is -3.46. The van der Waals surface area contributed by atoms with E-state index in [2.05, 4.69) is 4.72 Å². The fourth-order valence-electron chi connectivity index (χ4n) is 2.23. The van der Waals surface area contributed by atoms with Crippen LogP contribution in [-0.2, 0) is 15.8 Å². The molecule has 0 spiro atoms. The van der Waals surface area contributed by atoms with Crippen molar-refractivity contribution in [1.29, 1.82) is 5.26 Å². The van der Waals surface area contributed by atoms with Crippen LogP contribution in [0.5, 0.6) is 0 Å². The Bertz CT molecular complexity index is 616. The van der Waals surface area contributed by atoms with E-state index >= 15 is 0 Å². The largest absolute Gasteiger partial charge is 0.309 e. The fraction of sp³-hybridized carbons (Fsp3) is 0.533. The number of sulfonamides is 1. The summed E-state index contributed by atoms with van der Waals surface area (Å²) in [5, 5.41) is 9.00. The zero-order chi connectivity index (χ0) is 16.1. The molecule has 1 aromatic carbocycles. The van der Waals surface area contributed by atoms with Crippen LogP contribution in [0.1, 0.15) is 25.0 Å². The Hall–Kier alpha value is -1.42. The van der Waals surface area contributed by atoms with Gasteiger partial charge in [0.2, 0.25) is 10.0 Å². The molecule has 0 fully saturated rings. The topological polar surface area (TPSA) is 73.2 Å². The quantitative estimate of drug-likeness (QED) is 0.829. The number of hydrogen-bond donors (Lipinski definition) is 1. The van der Waals surface area contributed by atoms with Crippen molar-refractivity contribution in [1.82, 2.24) is 9.62 Å². The molecule has 0 amide bonds. The van der Waals surface area contributed by atoms with Crippen molar-refractivity contribution >= 4 is 10.0 Å². The lowest BCUT2D eigenvalue weighted by Gasteiger charge is -2.28. The van der Waals surface area contributed by atoms with Gasteiger partial charge in [-0.25, -0.2) is 13.1 Å². The van der Waals surface area contributed by atoms with Crippen molar-refractivity contribution in [3.05, 3.63) is 35.4 Å². The van der Waals surface area contributed by atoms with E-state index in [1.807, 2.05) is 38.9 Å². The second-order valence-corrected chi connectivity index (χ2v) is 8.06. The van der Waals surface area contributed by atoms with Crippen molar-refractivity contribution in [2.24, 2.45) is 5.41 Å². The standard InChI is InChI=1S/C15H23N3O2S/c1-15(2,12-18(3)4)11-17-21(19,20)10-14-8-6-5-7-13(14)9-16/h5-8,17H,10-12H2,1-4H3. The predicted octanol–water partition coefficient (Wildman–Crippen LogP) is 1.57. The first kappa shape index (κ1) is 17.6. The maximum atomic E-state index is 12.2. The van der Waals surface area contributed by atoms with Gasteiger partial charge in [-0.1, -0.05) is 32.0 Å². The second-order valence-electron chi connectivity index (χ2n) is 6.25. The molecule has 0 aliphatic carbocycles. The second kappa shape index (κ2) is 7.03. The highest BCUT2D eigenvalue weighted by Gasteiger charge is 2.22. The highest BCUT2D eigenvalue weighted by atomic mass is 32.2. The van der Waals surface area contributed by atoms with Crippen molar-refractivity contribution in [3.63, 3.8) is 0 Å². The first-order valence-corrected chi connectivity index (χ1v) is 8.40. The van der Waals surface area contributed by atoms with Crippen LogP contribution < -0.4 is 4.72 Å². The lowest BCUT2D eigenvalue weighted by molar-refractivity contribution is 0.242. The lowest BCUT2D eigenvalue weighted by atomic mass is 9.93. The summed E-state index contributed by atoms with van der Waals surface area (Å²) in [5.41, 5.74) is 0.763. The molecular formula is C15H23N3O2S. The summed E-state index contributed by atoms with van der Waals surface area (Å²) < 4.78 is 27.0. The van der Waals surface area contributed by atoms with Crippen LogP contribution in [0.15, 0.2) is 24.3 Å². The maximum Gasteiger partial charge on any atom is 0.215 e. The maximum absolute atomic E-state index is 12.2. The summed E-state index contributed by atoms with van der Waals surface area (Å²) in [4.78, 5) is 2.03. The molecule has 6 heteroatoms. The van der Waals surface area contributed by atoms with Crippen molar-refractivity contribution in [2.45, 2.75) is 19.6 Å². The molecule has 1 rings (SSSR count). The molecule has 0 heterocycles. The molecule has 1 aromatic rings. The molecule has 0 aromatic heterocycles. The molecule has 0 bridgehead atoms. The highest BCUT2D eigenvalue weighted by molar-refractivity contribution is 7.88. The van der Waals surface area contributed by atoms with E-state index in [0.717, 1.165) is 6.54 Å². The molecule has 0 aliphatic heterocycles. The summed E-state index contributed by atoms with van der Waals surface area (Å²) in [6.45, 7) is 5.17. The monoisotopic (exact) mass is 309 g/mol. The van der Waals surface area contributed by atoms with E-state index in [1.165, 1.54) is 0 Å².